The van der Waals surface area contributed by atoms with Crippen LogP contribution in [0.4, 0.5) is 0 Å². The molecule has 1 saturated carbocycles. The van der Waals surface area contributed by atoms with E-state index in [4.69, 9.17) is 9.47 Å². The molecule has 1 aromatic carbocycles. The summed E-state index contributed by atoms with van der Waals surface area (Å²) < 4.78 is 12.3. The molecule has 3 nitrogen and oxygen atoms in total. The fraction of sp³-hybridized carbons (Fsp3) is 0.667. The second kappa shape index (κ2) is 5.29. The topological polar surface area (TPSA) is 30.5 Å². The molecule has 3 rings (SSSR count). The molecule has 0 spiro atoms. The molecule has 1 N–H and O–H groups in total. The molecule has 116 valence electrons. The Balaban J connectivity index is 1.59. The van der Waals surface area contributed by atoms with Gasteiger partial charge in [0, 0.05) is 19.0 Å². The molecule has 1 heterocycles. The van der Waals surface area contributed by atoms with Gasteiger partial charge in [-0.2, -0.15) is 0 Å². The molecular formula is C18H27NO2. The fourth-order valence-electron chi connectivity index (χ4n) is 3.10. The van der Waals surface area contributed by atoms with Crippen LogP contribution in [-0.4, -0.2) is 23.3 Å². The van der Waals surface area contributed by atoms with E-state index < -0.39 is 0 Å². The van der Waals surface area contributed by atoms with Crippen molar-refractivity contribution < 1.29 is 9.47 Å². The molecule has 0 bridgehead atoms. The summed E-state index contributed by atoms with van der Waals surface area (Å²) >= 11 is 0. The third-order valence-electron chi connectivity index (χ3n) is 4.37. The Morgan fingerprint density at radius 1 is 1.14 bits per heavy atom. The van der Waals surface area contributed by atoms with E-state index in [9.17, 15) is 0 Å². The Morgan fingerprint density at radius 3 is 2.33 bits per heavy atom. The number of hydrogen-bond acceptors (Lipinski definition) is 3. The van der Waals surface area contributed by atoms with Crippen LogP contribution in [0.25, 0.3) is 0 Å². The highest BCUT2D eigenvalue weighted by atomic mass is 16.6. The van der Waals surface area contributed by atoms with Crippen LogP contribution in [0, 0.1) is 0 Å². The monoisotopic (exact) mass is 289 g/mol. The summed E-state index contributed by atoms with van der Waals surface area (Å²) in [6, 6.07) is 9.20. The molecule has 3 heteroatoms. The normalized spacial score (nSPS) is 26.8. The van der Waals surface area contributed by atoms with Gasteiger partial charge in [-0.05, 0) is 58.2 Å². The Labute approximate surface area is 128 Å². The first-order chi connectivity index (χ1) is 9.84. The minimum Gasteiger partial charge on any atom is -0.487 e. The number of hydrogen-bond donors (Lipinski definition) is 1. The van der Waals surface area contributed by atoms with Crippen molar-refractivity contribution in [3.8, 4) is 5.75 Å². The molecule has 1 saturated heterocycles. The smallest absolute Gasteiger partial charge is 0.130 e. The third-order valence-corrected chi connectivity index (χ3v) is 4.37. The maximum absolute atomic E-state index is 6.17. The van der Waals surface area contributed by atoms with Gasteiger partial charge in [0.2, 0.25) is 0 Å². The van der Waals surface area contributed by atoms with Crippen molar-refractivity contribution in [1.82, 2.24) is 5.32 Å². The van der Waals surface area contributed by atoms with E-state index >= 15 is 0 Å². The lowest BCUT2D eigenvalue weighted by Crippen LogP contribution is -2.36. The summed E-state index contributed by atoms with van der Waals surface area (Å²) in [7, 11) is 0. The second-order valence-corrected chi connectivity index (χ2v) is 7.57. The molecule has 0 amide bonds. The molecule has 1 aliphatic heterocycles. The van der Waals surface area contributed by atoms with Crippen LogP contribution in [0.1, 0.15) is 52.5 Å². The van der Waals surface area contributed by atoms with Gasteiger partial charge in [0.15, 0.2) is 0 Å². The molecule has 2 fully saturated rings. The van der Waals surface area contributed by atoms with Gasteiger partial charge < -0.3 is 14.8 Å². The highest BCUT2D eigenvalue weighted by Crippen LogP contribution is 2.39. The first-order valence-electron chi connectivity index (χ1n) is 8.03. The predicted octanol–water partition coefficient (Wildman–Crippen LogP) is 3.66. The summed E-state index contributed by atoms with van der Waals surface area (Å²) in [5, 5.41) is 3.53. The number of rotatable bonds is 5. The van der Waals surface area contributed by atoms with E-state index in [0.717, 1.165) is 24.8 Å². The van der Waals surface area contributed by atoms with Gasteiger partial charge in [-0.3, -0.25) is 0 Å². The highest BCUT2D eigenvalue weighted by Gasteiger charge is 2.47. The van der Waals surface area contributed by atoms with Crippen molar-refractivity contribution in [2.24, 2.45) is 0 Å². The first kappa shape index (κ1) is 14.9. The van der Waals surface area contributed by atoms with Gasteiger partial charge >= 0.3 is 0 Å². The van der Waals surface area contributed by atoms with Gasteiger partial charge in [-0.25, -0.2) is 0 Å². The summed E-state index contributed by atoms with van der Waals surface area (Å²) in [5.74, 6) is 0.935. The Bertz CT molecular complexity index is 488. The molecule has 1 atom stereocenters. The number of benzene rings is 1. The van der Waals surface area contributed by atoms with Crippen LogP contribution in [0.2, 0.25) is 0 Å². The zero-order chi connectivity index (χ0) is 15.1. The van der Waals surface area contributed by atoms with Gasteiger partial charge in [0.1, 0.15) is 17.5 Å². The molecule has 2 aliphatic rings. The van der Waals surface area contributed by atoms with Gasteiger partial charge in [-0.15, -0.1) is 0 Å². The average molecular weight is 289 g/mol. The van der Waals surface area contributed by atoms with Crippen molar-refractivity contribution in [2.75, 3.05) is 0 Å². The Morgan fingerprint density at radius 2 is 1.81 bits per heavy atom. The van der Waals surface area contributed by atoms with Crippen LogP contribution in [0.3, 0.4) is 0 Å². The Hall–Kier alpha value is -1.06. The van der Waals surface area contributed by atoms with Crippen molar-refractivity contribution >= 4 is 0 Å². The molecule has 1 aromatic rings. The van der Waals surface area contributed by atoms with Crippen molar-refractivity contribution in [3.05, 3.63) is 29.8 Å². The SMILES string of the molecule is CC1(C)CC(Oc2ccc(CNC3CC3)cc2)C(C)(C)O1. The molecule has 21 heavy (non-hydrogen) atoms. The van der Waals surface area contributed by atoms with Crippen molar-refractivity contribution in [3.63, 3.8) is 0 Å². The van der Waals surface area contributed by atoms with Crippen LogP contribution in [-0.2, 0) is 11.3 Å². The quantitative estimate of drug-likeness (QED) is 0.897. The average Bonchev–Trinajstić information content (AvgIpc) is 3.16. The summed E-state index contributed by atoms with van der Waals surface area (Å²) in [5.41, 5.74) is 0.967. The first-order valence-corrected chi connectivity index (χ1v) is 8.03. The number of nitrogens with one attached hydrogen (secondary N) is 1. The highest BCUT2D eigenvalue weighted by molar-refractivity contribution is 5.28. The summed E-state index contributed by atoms with van der Waals surface area (Å²) in [4.78, 5) is 0. The van der Waals surface area contributed by atoms with Gasteiger partial charge in [-0.1, -0.05) is 12.1 Å². The molecule has 0 aromatic heterocycles. The summed E-state index contributed by atoms with van der Waals surface area (Å²) in [6.45, 7) is 9.44. The van der Waals surface area contributed by atoms with Gasteiger partial charge in [0.05, 0.1) is 5.60 Å². The van der Waals surface area contributed by atoms with E-state index in [1.807, 2.05) is 0 Å². The zero-order valence-corrected chi connectivity index (χ0v) is 13.6. The molecule has 0 radical (unpaired) electrons. The van der Waals surface area contributed by atoms with E-state index in [1.165, 1.54) is 18.4 Å². The second-order valence-electron chi connectivity index (χ2n) is 7.57. The fourth-order valence-corrected chi connectivity index (χ4v) is 3.10. The standard InChI is InChI=1S/C18H27NO2/c1-17(2)11-16(18(3,4)21-17)20-15-9-5-13(6-10-15)12-19-14-7-8-14/h5-6,9-10,14,16,19H,7-8,11-12H2,1-4H3. The van der Waals surface area contributed by atoms with E-state index in [2.05, 4.69) is 57.3 Å². The third kappa shape index (κ3) is 3.78. The maximum Gasteiger partial charge on any atom is 0.130 e. The maximum atomic E-state index is 6.17. The van der Waals surface area contributed by atoms with E-state index in [0.29, 0.717) is 0 Å². The summed E-state index contributed by atoms with van der Waals surface area (Å²) in [6.07, 6.45) is 3.68. The van der Waals surface area contributed by atoms with E-state index in [1.54, 1.807) is 0 Å². The zero-order valence-electron chi connectivity index (χ0n) is 13.6. The van der Waals surface area contributed by atoms with Crippen LogP contribution >= 0.6 is 0 Å². The lowest BCUT2D eigenvalue weighted by Gasteiger charge is -2.27. The van der Waals surface area contributed by atoms with E-state index in [-0.39, 0.29) is 17.3 Å². The Kier molecular flexibility index (Phi) is 3.74. The van der Waals surface area contributed by atoms with Crippen LogP contribution in [0.15, 0.2) is 24.3 Å². The van der Waals surface area contributed by atoms with Gasteiger partial charge in [0.25, 0.3) is 0 Å². The predicted molar refractivity (Wildman–Crippen MR) is 84.6 cm³/mol. The number of ether oxygens (including phenoxy) is 2. The van der Waals surface area contributed by atoms with Crippen molar-refractivity contribution in [2.45, 2.75) is 76.9 Å². The van der Waals surface area contributed by atoms with Crippen LogP contribution < -0.4 is 10.1 Å². The largest absolute Gasteiger partial charge is 0.487 e. The minimum absolute atomic E-state index is 0.0999. The molecule has 1 unspecified atom stereocenters. The lowest BCUT2D eigenvalue weighted by atomic mass is 9.97. The molecule has 1 aliphatic carbocycles. The lowest BCUT2D eigenvalue weighted by molar-refractivity contribution is -0.0846. The molecular weight excluding hydrogens is 262 g/mol. The minimum atomic E-state index is -0.240. The van der Waals surface area contributed by atoms with Crippen LogP contribution in [0.5, 0.6) is 5.75 Å². The van der Waals surface area contributed by atoms with Crippen molar-refractivity contribution in [1.29, 1.82) is 0 Å².